The Morgan fingerprint density at radius 2 is 2.00 bits per heavy atom. The summed E-state index contributed by atoms with van der Waals surface area (Å²) in [5.41, 5.74) is 0.457. The molecule has 15 heavy (non-hydrogen) atoms. The molecule has 3 nitrogen and oxygen atoms in total. The standard InChI is InChI=1S/C11H10FNO2/c12-9-4-3-8(11(14)15)7-10(9)13-5-1-2-6-13/h1-4,7H,5-6H2,(H,14,15). The first-order valence-corrected chi connectivity index (χ1v) is 4.61. The number of nitrogens with zero attached hydrogens (tertiary/aromatic N) is 1. The highest BCUT2D eigenvalue weighted by Gasteiger charge is 2.14. The van der Waals surface area contributed by atoms with Crippen LogP contribution in [-0.4, -0.2) is 24.2 Å². The van der Waals surface area contributed by atoms with Gasteiger partial charge in [-0.2, -0.15) is 0 Å². The number of carbonyl (C=O) groups is 1. The SMILES string of the molecule is O=C(O)c1ccc(F)c(N2CC=CC2)c1. The molecule has 1 aliphatic heterocycles. The molecular formula is C11H10FNO2. The van der Waals surface area contributed by atoms with Gasteiger partial charge < -0.3 is 10.0 Å². The molecule has 0 unspecified atom stereocenters. The number of carboxylic acid groups (broad SMARTS) is 1. The van der Waals surface area contributed by atoms with Crippen molar-refractivity contribution in [2.45, 2.75) is 0 Å². The van der Waals surface area contributed by atoms with E-state index in [9.17, 15) is 9.18 Å². The van der Waals surface area contributed by atoms with Crippen LogP contribution in [0.5, 0.6) is 0 Å². The predicted molar refractivity (Wildman–Crippen MR) is 54.7 cm³/mol. The normalized spacial score (nSPS) is 14.6. The van der Waals surface area contributed by atoms with Crippen molar-refractivity contribution < 1.29 is 14.3 Å². The molecule has 1 heterocycles. The molecule has 0 bridgehead atoms. The zero-order chi connectivity index (χ0) is 10.8. The van der Waals surface area contributed by atoms with Crippen molar-refractivity contribution in [2.75, 3.05) is 18.0 Å². The number of anilines is 1. The van der Waals surface area contributed by atoms with E-state index in [1.165, 1.54) is 18.2 Å². The smallest absolute Gasteiger partial charge is 0.335 e. The van der Waals surface area contributed by atoms with Crippen molar-refractivity contribution in [3.63, 3.8) is 0 Å². The molecule has 1 aromatic rings. The second kappa shape index (κ2) is 3.73. The second-order valence-electron chi connectivity index (χ2n) is 3.35. The number of halogens is 1. The quantitative estimate of drug-likeness (QED) is 0.753. The Morgan fingerprint density at radius 3 is 2.60 bits per heavy atom. The molecule has 0 aliphatic carbocycles. The van der Waals surface area contributed by atoms with E-state index in [2.05, 4.69) is 0 Å². The Labute approximate surface area is 86.4 Å². The highest BCUT2D eigenvalue weighted by atomic mass is 19.1. The van der Waals surface area contributed by atoms with Gasteiger partial charge in [-0.3, -0.25) is 0 Å². The molecule has 0 spiro atoms. The Kier molecular flexibility index (Phi) is 2.41. The third-order valence-electron chi connectivity index (χ3n) is 2.35. The third-order valence-corrected chi connectivity index (χ3v) is 2.35. The number of rotatable bonds is 2. The minimum Gasteiger partial charge on any atom is -0.478 e. The molecule has 1 N–H and O–H groups in total. The van der Waals surface area contributed by atoms with E-state index in [1.807, 2.05) is 12.2 Å². The molecule has 0 aromatic heterocycles. The fraction of sp³-hybridized carbons (Fsp3) is 0.182. The summed E-state index contributed by atoms with van der Waals surface area (Å²) in [6.45, 7) is 1.25. The van der Waals surface area contributed by atoms with Crippen molar-refractivity contribution in [3.05, 3.63) is 41.7 Å². The van der Waals surface area contributed by atoms with Gasteiger partial charge in [0, 0.05) is 13.1 Å². The average Bonchev–Trinajstić information content (AvgIpc) is 2.71. The van der Waals surface area contributed by atoms with Crippen LogP contribution in [0.1, 0.15) is 10.4 Å². The van der Waals surface area contributed by atoms with Gasteiger partial charge in [0.15, 0.2) is 0 Å². The molecule has 0 amide bonds. The van der Waals surface area contributed by atoms with E-state index >= 15 is 0 Å². The monoisotopic (exact) mass is 207 g/mol. The zero-order valence-electron chi connectivity index (χ0n) is 7.98. The summed E-state index contributed by atoms with van der Waals surface area (Å²) in [7, 11) is 0. The van der Waals surface area contributed by atoms with Gasteiger partial charge in [0.2, 0.25) is 0 Å². The van der Waals surface area contributed by atoms with Crippen molar-refractivity contribution in [3.8, 4) is 0 Å². The lowest BCUT2D eigenvalue weighted by molar-refractivity contribution is 0.0697. The highest BCUT2D eigenvalue weighted by molar-refractivity contribution is 5.89. The molecule has 0 fully saturated rings. The molecular weight excluding hydrogens is 197 g/mol. The topological polar surface area (TPSA) is 40.5 Å². The number of aromatic carboxylic acids is 1. The lowest BCUT2D eigenvalue weighted by Crippen LogP contribution is -2.20. The summed E-state index contributed by atoms with van der Waals surface area (Å²) in [5.74, 6) is -1.42. The van der Waals surface area contributed by atoms with Gasteiger partial charge >= 0.3 is 5.97 Å². The number of benzene rings is 1. The van der Waals surface area contributed by atoms with Crippen LogP contribution in [0.2, 0.25) is 0 Å². The summed E-state index contributed by atoms with van der Waals surface area (Å²) >= 11 is 0. The number of carboxylic acids is 1. The van der Waals surface area contributed by atoms with Crippen LogP contribution in [0.15, 0.2) is 30.4 Å². The van der Waals surface area contributed by atoms with E-state index in [0.29, 0.717) is 18.8 Å². The first-order valence-electron chi connectivity index (χ1n) is 4.61. The Morgan fingerprint density at radius 1 is 1.33 bits per heavy atom. The Balaban J connectivity index is 2.36. The Hall–Kier alpha value is -1.84. The molecule has 0 saturated heterocycles. The van der Waals surface area contributed by atoms with Crippen molar-refractivity contribution in [1.29, 1.82) is 0 Å². The average molecular weight is 207 g/mol. The highest BCUT2D eigenvalue weighted by Crippen LogP contribution is 2.22. The fourth-order valence-corrected chi connectivity index (χ4v) is 1.56. The van der Waals surface area contributed by atoms with Gasteiger partial charge in [-0.05, 0) is 18.2 Å². The summed E-state index contributed by atoms with van der Waals surface area (Å²) in [6, 6.07) is 3.83. The summed E-state index contributed by atoms with van der Waals surface area (Å²) in [5, 5.41) is 8.79. The molecule has 2 rings (SSSR count). The molecule has 78 valence electrons. The molecule has 0 radical (unpaired) electrons. The first kappa shape index (κ1) is 9.71. The number of hydrogen-bond donors (Lipinski definition) is 1. The molecule has 0 atom stereocenters. The van der Waals surface area contributed by atoms with Crippen LogP contribution in [0.4, 0.5) is 10.1 Å². The molecule has 1 aromatic carbocycles. The van der Waals surface area contributed by atoms with Crippen molar-refractivity contribution >= 4 is 11.7 Å². The van der Waals surface area contributed by atoms with Gasteiger partial charge in [-0.1, -0.05) is 12.2 Å². The summed E-state index contributed by atoms with van der Waals surface area (Å²) in [4.78, 5) is 12.5. The maximum atomic E-state index is 13.4. The van der Waals surface area contributed by atoms with Crippen LogP contribution in [0.25, 0.3) is 0 Å². The maximum Gasteiger partial charge on any atom is 0.335 e. The van der Waals surface area contributed by atoms with E-state index in [-0.39, 0.29) is 11.4 Å². The molecule has 1 aliphatic rings. The largest absolute Gasteiger partial charge is 0.478 e. The lowest BCUT2D eigenvalue weighted by atomic mass is 10.2. The van der Waals surface area contributed by atoms with E-state index in [4.69, 9.17) is 5.11 Å². The Bertz CT molecular complexity index is 421. The number of hydrogen-bond acceptors (Lipinski definition) is 2. The predicted octanol–water partition coefficient (Wildman–Crippen LogP) is 1.90. The van der Waals surface area contributed by atoms with Crippen molar-refractivity contribution in [1.82, 2.24) is 0 Å². The minimum atomic E-state index is -1.04. The third kappa shape index (κ3) is 1.83. The van der Waals surface area contributed by atoms with Crippen molar-refractivity contribution in [2.24, 2.45) is 0 Å². The van der Waals surface area contributed by atoms with Crippen LogP contribution < -0.4 is 4.90 Å². The lowest BCUT2D eigenvalue weighted by Gasteiger charge is -2.18. The van der Waals surface area contributed by atoms with Crippen LogP contribution in [-0.2, 0) is 0 Å². The van der Waals surface area contributed by atoms with Gasteiger partial charge in [-0.25, -0.2) is 9.18 Å². The van der Waals surface area contributed by atoms with Crippen LogP contribution >= 0.6 is 0 Å². The first-order chi connectivity index (χ1) is 7.18. The van der Waals surface area contributed by atoms with Gasteiger partial charge in [-0.15, -0.1) is 0 Å². The van der Waals surface area contributed by atoms with E-state index in [0.717, 1.165) is 0 Å². The van der Waals surface area contributed by atoms with Crippen LogP contribution in [0, 0.1) is 5.82 Å². The molecule has 0 saturated carbocycles. The second-order valence-corrected chi connectivity index (χ2v) is 3.35. The van der Waals surface area contributed by atoms with E-state index in [1.54, 1.807) is 4.90 Å². The zero-order valence-corrected chi connectivity index (χ0v) is 7.98. The van der Waals surface area contributed by atoms with Crippen LogP contribution in [0.3, 0.4) is 0 Å². The minimum absolute atomic E-state index is 0.110. The maximum absolute atomic E-state index is 13.4. The molecule has 4 heteroatoms. The van der Waals surface area contributed by atoms with Gasteiger partial charge in [0.1, 0.15) is 5.82 Å². The summed E-state index contributed by atoms with van der Waals surface area (Å²) in [6.07, 6.45) is 3.85. The van der Waals surface area contributed by atoms with Gasteiger partial charge in [0.05, 0.1) is 11.3 Å². The summed E-state index contributed by atoms with van der Waals surface area (Å²) < 4.78 is 13.4. The van der Waals surface area contributed by atoms with E-state index < -0.39 is 5.97 Å². The van der Waals surface area contributed by atoms with Gasteiger partial charge in [0.25, 0.3) is 0 Å². The fourth-order valence-electron chi connectivity index (χ4n) is 1.56.